The van der Waals surface area contributed by atoms with Crippen LogP contribution in [0.2, 0.25) is 5.02 Å². The van der Waals surface area contributed by atoms with Crippen LogP contribution in [0.1, 0.15) is 19.3 Å². The zero-order valence-electron chi connectivity index (χ0n) is 7.85. The van der Waals surface area contributed by atoms with Crippen molar-refractivity contribution in [3.8, 4) is 5.75 Å². The first-order valence-corrected chi connectivity index (χ1v) is 5.38. The number of fused-ring (bicyclic) bond motifs is 1. The zero-order valence-corrected chi connectivity index (χ0v) is 8.60. The fourth-order valence-electron chi connectivity index (χ4n) is 2.11. The van der Waals surface area contributed by atoms with Gasteiger partial charge in [0, 0.05) is 0 Å². The molecule has 1 aromatic rings. The molecule has 1 aromatic carbocycles. The molecule has 0 radical (unpaired) electrons. The monoisotopic (exact) mass is 209 g/mol. The summed E-state index contributed by atoms with van der Waals surface area (Å²) in [6.45, 7) is 0.917. The first kappa shape index (κ1) is 8.42. The smallest absolute Gasteiger partial charge is 0.161 e. The molecule has 3 rings (SSSR count). The number of halogens is 1. The summed E-state index contributed by atoms with van der Waals surface area (Å²) >= 11 is 6.09. The Morgan fingerprint density at radius 1 is 1.36 bits per heavy atom. The second-order valence-electron chi connectivity index (χ2n) is 4.11. The van der Waals surface area contributed by atoms with Crippen molar-refractivity contribution in [3.63, 3.8) is 0 Å². The molecule has 1 heterocycles. The highest BCUT2D eigenvalue weighted by molar-refractivity contribution is 6.32. The van der Waals surface area contributed by atoms with E-state index in [0.29, 0.717) is 5.02 Å². The molecule has 0 amide bonds. The van der Waals surface area contributed by atoms with Gasteiger partial charge >= 0.3 is 0 Å². The van der Waals surface area contributed by atoms with Crippen LogP contribution >= 0.6 is 11.6 Å². The maximum atomic E-state index is 6.09. The third kappa shape index (κ3) is 1.10. The average molecular weight is 210 g/mol. The van der Waals surface area contributed by atoms with Gasteiger partial charge in [-0.2, -0.15) is 0 Å². The van der Waals surface area contributed by atoms with Gasteiger partial charge in [-0.3, -0.25) is 0 Å². The van der Waals surface area contributed by atoms with E-state index in [1.807, 2.05) is 18.2 Å². The van der Waals surface area contributed by atoms with Crippen LogP contribution in [0.5, 0.6) is 5.75 Å². The molecule has 2 aliphatic rings. The summed E-state index contributed by atoms with van der Waals surface area (Å²) in [5.41, 5.74) is 1.06. The molecule has 0 unspecified atom stereocenters. The molecular formula is C11H12ClNO. The van der Waals surface area contributed by atoms with E-state index < -0.39 is 0 Å². The third-order valence-corrected chi connectivity index (χ3v) is 3.45. The molecule has 0 atom stereocenters. The fourth-order valence-corrected chi connectivity index (χ4v) is 2.32. The lowest BCUT2D eigenvalue weighted by Crippen LogP contribution is -2.51. The van der Waals surface area contributed by atoms with Gasteiger partial charge in [-0.25, -0.2) is 0 Å². The molecule has 1 aliphatic carbocycles. The molecule has 0 aromatic heterocycles. The Morgan fingerprint density at radius 2 is 2.21 bits per heavy atom. The SMILES string of the molecule is Clc1cccc2c1OC1(CCC1)CN2. The summed E-state index contributed by atoms with van der Waals surface area (Å²) in [4.78, 5) is 0. The summed E-state index contributed by atoms with van der Waals surface area (Å²) in [6, 6.07) is 5.82. The van der Waals surface area contributed by atoms with Crippen LogP contribution in [0.25, 0.3) is 0 Å². The molecule has 1 aliphatic heterocycles. The van der Waals surface area contributed by atoms with E-state index in [0.717, 1.165) is 30.8 Å². The summed E-state index contributed by atoms with van der Waals surface area (Å²) in [6.07, 6.45) is 3.55. The first-order chi connectivity index (χ1) is 6.79. The molecular weight excluding hydrogens is 198 g/mol. The Bertz CT molecular complexity index is 374. The number of nitrogens with one attached hydrogen (secondary N) is 1. The van der Waals surface area contributed by atoms with Gasteiger partial charge < -0.3 is 10.1 Å². The number of anilines is 1. The molecule has 1 saturated carbocycles. The Morgan fingerprint density at radius 3 is 2.93 bits per heavy atom. The molecule has 1 spiro atoms. The highest BCUT2D eigenvalue weighted by atomic mass is 35.5. The van der Waals surface area contributed by atoms with Crippen LogP contribution in [0.3, 0.4) is 0 Å². The fraction of sp³-hybridized carbons (Fsp3) is 0.455. The summed E-state index contributed by atoms with van der Waals surface area (Å²) in [5.74, 6) is 0.833. The second-order valence-corrected chi connectivity index (χ2v) is 4.52. The molecule has 14 heavy (non-hydrogen) atoms. The van der Waals surface area contributed by atoms with Gasteiger partial charge in [0.15, 0.2) is 5.75 Å². The van der Waals surface area contributed by atoms with Gasteiger partial charge in [0.05, 0.1) is 17.3 Å². The molecule has 3 heteroatoms. The third-order valence-electron chi connectivity index (χ3n) is 3.15. The molecule has 0 saturated heterocycles. The van der Waals surface area contributed by atoms with Crippen molar-refractivity contribution < 1.29 is 4.74 Å². The van der Waals surface area contributed by atoms with Crippen LogP contribution in [-0.4, -0.2) is 12.1 Å². The van der Waals surface area contributed by atoms with Crippen LogP contribution < -0.4 is 10.1 Å². The largest absolute Gasteiger partial charge is 0.482 e. The van der Waals surface area contributed by atoms with E-state index >= 15 is 0 Å². The minimum atomic E-state index is 0.0397. The van der Waals surface area contributed by atoms with Crippen molar-refractivity contribution >= 4 is 17.3 Å². The van der Waals surface area contributed by atoms with Crippen molar-refractivity contribution in [2.24, 2.45) is 0 Å². The standard InChI is InChI=1S/C11H12ClNO/c12-8-3-1-4-9-10(8)14-11(7-13-9)5-2-6-11/h1,3-4,13H,2,5-7H2. The van der Waals surface area contributed by atoms with Gasteiger partial charge in [0.1, 0.15) is 5.60 Å². The maximum absolute atomic E-state index is 6.09. The quantitative estimate of drug-likeness (QED) is 0.709. The van der Waals surface area contributed by atoms with Crippen molar-refractivity contribution in [1.82, 2.24) is 0 Å². The summed E-state index contributed by atoms with van der Waals surface area (Å²) < 4.78 is 5.99. The number of hydrogen-bond acceptors (Lipinski definition) is 2. The first-order valence-electron chi connectivity index (χ1n) is 5.01. The van der Waals surface area contributed by atoms with Crippen molar-refractivity contribution in [2.45, 2.75) is 24.9 Å². The summed E-state index contributed by atoms with van der Waals surface area (Å²) in [5, 5.41) is 4.10. The number of ether oxygens (including phenoxy) is 1. The minimum Gasteiger partial charge on any atom is -0.482 e. The Labute approximate surface area is 88.2 Å². The van der Waals surface area contributed by atoms with E-state index in [4.69, 9.17) is 16.3 Å². The van der Waals surface area contributed by atoms with Gasteiger partial charge in [0.25, 0.3) is 0 Å². The van der Waals surface area contributed by atoms with Gasteiger partial charge in [-0.05, 0) is 31.4 Å². The van der Waals surface area contributed by atoms with Crippen LogP contribution in [-0.2, 0) is 0 Å². The minimum absolute atomic E-state index is 0.0397. The zero-order chi connectivity index (χ0) is 9.60. The van der Waals surface area contributed by atoms with E-state index in [9.17, 15) is 0 Å². The molecule has 0 bridgehead atoms. The number of benzene rings is 1. The van der Waals surface area contributed by atoms with E-state index in [-0.39, 0.29) is 5.60 Å². The van der Waals surface area contributed by atoms with E-state index in [1.54, 1.807) is 0 Å². The predicted molar refractivity (Wildman–Crippen MR) is 57.2 cm³/mol. The Hall–Kier alpha value is -0.890. The predicted octanol–water partition coefficient (Wildman–Crippen LogP) is 3.07. The van der Waals surface area contributed by atoms with Crippen molar-refractivity contribution in [3.05, 3.63) is 23.2 Å². The van der Waals surface area contributed by atoms with Crippen molar-refractivity contribution in [1.29, 1.82) is 0 Å². The van der Waals surface area contributed by atoms with E-state index in [1.165, 1.54) is 6.42 Å². The Balaban J connectivity index is 2.00. The lowest BCUT2D eigenvalue weighted by Gasteiger charge is -2.45. The number of para-hydroxylation sites is 1. The van der Waals surface area contributed by atoms with Crippen LogP contribution in [0, 0.1) is 0 Å². The Kier molecular flexibility index (Phi) is 1.68. The van der Waals surface area contributed by atoms with Crippen LogP contribution in [0.15, 0.2) is 18.2 Å². The van der Waals surface area contributed by atoms with Gasteiger partial charge in [-0.15, -0.1) is 0 Å². The highest BCUT2D eigenvalue weighted by Gasteiger charge is 2.42. The van der Waals surface area contributed by atoms with E-state index in [2.05, 4.69) is 5.32 Å². The van der Waals surface area contributed by atoms with Crippen molar-refractivity contribution in [2.75, 3.05) is 11.9 Å². The molecule has 1 N–H and O–H groups in total. The average Bonchev–Trinajstić information content (AvgIpc) is 2.16. The molecule has 2 nitrogen and oxygen atoms in total. The lowest BCUT2D eigenvalue weighted by molar-refractivity contribution is 0.000292. The lowest BCUT2D eigenvalue weighted by atomic mass is 9.79. The topological polar surface area (TPSA) is 21.3 Å². The maximum Gasteiger partial charge on any atom is 0.161 e. The number of hydrogen-bond donors (Lipinski definition) is 1. The van der Waals surface area contributed by atoms with Gasteiger partial charge in [0.2, 0.25) is 0 Å². The molecule has 74 valence electrons. The van der Waals surface area contributed by atoms with Gasteiger partial charge in [-0.1, -0.05) is 17.7 Å². The highest BCUT2D eigenvalue weighted by Crippen LogP contribution is 2.45. The number of rotatable bonds is 0. The second kappa shape index (κ2) is 2.80. The molecule has 1 fully saturated rings. The normalized spacial score (nSPS) is 21.8. The van der Waals surface area contributed by atoms with Crippen LogP contribution in [0.4, 0.5) is 5.69 Å². The summed E-state index contributed by atoms with van der Waals surface area (Å²) in [7, 11) is 0.